The van der Waals surface area contributed by atoms with Gasteiger partial charge in [0.2, 0.25) is 0 Å². The molecule has 4 aromatic rings. The van der Waals surface area contributed by atoms with Gasteiger partial charge in [0.15, 0.2) is 5.16 Å². The molecule has 0 saturated carbocycles. The van der Waals surface area contributed by atoms with Crippen LogP contribution in [0.25, 0.3) is 16.6 Å². The van der Waals surface area contributed by atoms with Crippen molar-refractivity contribution in [3.63, 3.8) is 0 Å². The second-order valence-electron chi connectivity index (χ2n) is 5.81. The molecule has 2 heterocycles. The first-order valence-corrected chi connectivity index (χ1v) is 9.02. The van der Waals surface area contributed by atoms with Gasteiger partial charge < -0.3 is 4.57 Å². The Balaban J connectivity index is 1.84. The first kappa shape index (κ1) is 15.7. The standard InChI is InChI=1S/C20H17N3OS/c1-22-12-11-21-20(22)25-14-16-13-15-7-5-6-10-18(15)23(19(16)24)17-8-3-2-4-9-17/h2-13H,14H2,1H3. The van der Waals surface area contributed by atoms with Gasteiger partial charge in [-0.25, -0.2) is 4.98 Å². The van der Waals surface area contributed by atoms with Gasteiger partial charge in [-0.2, -0.15) is 0 Å². The molecule has 0 bridgehead atoms. The van der Waals surface area contributed by atoms with E-state index in [1.807, 2.05) is 78.5 Å². The minimum Gasteiger partial charge on any atom is -0.329 e. The summed E-state index contributed by atoms with van der Waals surface area (Å²) in [5.74, 6) is 0.585. The lowest BCUT2D eigenvalue weighted by molar-refractivity contribution is 0.789. The van der Waals surface area contributed by atoms with Gasteiger partial charge in [0, 0.05) is 36.4 Å². The number of rotatable bonds is 4. The van der Waals surface area contributed by atoms with Crippen LogP contribution in [0.3, 0.4) is 0 Å². The Morgan fingerprint density at radius 2 is 1.80 bits per heavy atom. The molecular weight excluding hydrogens is 330 g/mol. The molecule has 0 N–H and O–H groups in total. The largest absolute Gasteiger partial charge is 0.329 e. The number of fused-ring (bicyclic) bond motifs is 1. The van der Waals surface area contributed by atoms with Crippen molar-refractivity contribution in [3.05, 3.63) is 89.0 Å². The van der Waals surface area contributed by atoms with Gasteiger partial charge in [0.25, 0.3) is 5.56 Å². The van der Waals surface area contributed by atoms with Crippen molar-refractivity contribution in [2.75, 3.05) is 0 Å². The minimum atomic E-state index is 0.0200. The van der Waals surface area contributed by atoms with Crippen LogP contribution in [0.2, 0.25) is 0 Å². The maximum Gasteiger partial charge on any atom is 0.259 e. The van der Waals surface area contributed by atoms with Crippen molar-refractivity contribution in [2.24, 2.45) is 7.05 Å². The Morgan fingerprint density at radius 3 is 2.56 bits per heavy atom. The summed E-state index contributed by atoms with van der Waals surface area (Å²) >= 11 is 1.57. The SMILES string of the molecule is Cn1ccnc1SCc1cc2ccccc2n(-c2ccccc2)c1=O. The number of aromatic nitrogens is 3. The number of thioether (sulfide) groups is 1. The Bertz CT molecular complexity index is 1080. The predicted octanol–water partition coefficient (Wildman–Crippen LogP) is 4.02. The number of imidazole rings is 1. The van der Waals surface area contributed by atoms with Crippen LogP contribution in [-0.2, 0) is 12.8 Å². The van der Waals surface area contributed by atoms with E-state index in [1.54, 1.807) is 22.5 Å². The van der Waals surface area contributed by atoms with Crippen LogP contribution in [0.1, 0.15) is 5.56 Å². The number of benzene rings is 2. The molecular formula is C20H17N3OS. The van der Waals surface area contributed by atoms with Crippen LogP contribution in [0, 0.1) is 0 Å². The van der Waals surface area contributed by atoms with Crippen LogP contribution in [0.4, 0.5) is 0 Å². The van der Waals surface area contributed by atoms with E-state index in [2.05, 4.69) is 4.98 Å². The smallest absolute Gasteiger partial charge is 0.259 e. The molecule has 0 atom stereocenters. The van der Waals surface area contributed by atoms with Crippen LogP contribution >= 0.6 is 11.8 Å². The molecule has 0 radical (unpaired) electrons. The fraction of sp³-hybridized carbons (Fsp3) is 0.100. The van der Waals surface area contributed by atoms with Crippen molar-refractivity contribution >= 4 is 22.7 Å². The molecule has 0 amide bonds. The number of hydrogen-bond donors (Lipinski definition) is 0. The van der Waals surface area contributed by atoms with Gasteiger partial charge >= 0.3 is 0 Å². The van der Waals surface area contributed by atoms with Gasteiger partial charge in [0.1, 0.15) is 0 Å². The fourth-order valence-corrected chi connectivity index (χ4v) is 3.78. The van der Waals surface area contributed by atoms with Crippen molar-refractivity contribution in [1.82, 2.24) is 14.1 Å². The third kappa shape index (κ3) is 2.98. The topological polar surface area (TPSA) is 39.8 Å². The van der Waals surface area contributed by atoms with E-state index < -0.39 is 0 Å². The molecule has 2 aromatic heterocycles. The highest BCUT2D eigenvalue weighted by Gasteiger charge is 2.12. The van der Waals surface area contributed by atoms with E-state index >= 15 is 0 Å². The van der Waals surface area contributed by atoms with E-state index in [9.17, 15) is 4.79 Å². The Morgan fingerprint density at radius 1 is 1.04 bits per heavy atom. The molecule has 0 aliphatic carbocycles. The molecule has 0 fully saturated rings. The van der Waals surface area contributed by atoms with Gasteiger partial charge in [-0.1, -0.05) is 48.2 Å². The van der Waals surface area contributed by atoms with Gasteiger partial charge in [0.05, 0.1) is 5.52 Å². The van der Waals surface area contributed by atoms with Crippen LogP contribution < -0.4 is 5.56 Å². The molecule has 0 spiro atoms. The zero-order chi connectivity index (χ0) is 17.2. The third-order valence-corrected chi connectivity index (χ3v) is 5.24. The number of pyridine rings is 1. The summed E-state index contributed by atoms with van der Waals surface area (Å²) in [6, 6.07) is 19.8. The van der Waals surface area contributed by atoms with Crippen molar-refractivity contribution in [3.8, 4) is 5.69 Å². The number of nitrogens with zero attached hydrogens (tertiary/aromatic N) is 3. The highest BCUT2D eigenvalue weighted by atomic mass is 32.2. The predicted molar refractivity (Wildman–Crippen MR) is 102 cm³/mol. The Kier molecular flexibility index (Phi) is 4.15. The average Bonchev–Trinajstić information content (AvgIpc) is 3.06. The van der Waals surface area contributed by atoms with Crippen LogP contribution in [0.15, 0.2) is 83.0 Å². The quantitative estimate of drug-likeness (QED) is 0.524. The summed E-state index contributed by atoms with van der Waals surface area (Å²) in [5.41, 5.74) is 2.60. The van der Waals surface area contributed by atoms with Gasteiger partial charge in [-0.05, 0) is 29.7 Å². The van der Waals surface area contributed by atoms with Crippen LogP contribution in [0.5, 0.6) is 0 Å². The molecule has 25 heavy (non-hydrogen) atoms. The van der Waals surface area contributed by atoms with Crippen molar-refractivity contribution in [1.29, 1.82) is 0 Å². The van der Waals surface area contributed by atoms with Crippen molar-refractivity contribution in [2.45, 2.75) is 10.9 Å². The first-order valence-electron chi connectivity index (χ1n) is 8.03. The molecule has 0 saturated heterocycles. The molecule has 0 aliphatic heterocycles. The zero-order valence-electron chi connectivity index (χ0n) is 13.8. The monoisotopic (exact) mass is 347 g/mol. The van der Waals surface area contributed by atoms with E-state index in [0.717, 1.165) is 27.3 Å². The third-order valence-electron chi connectivity index (χ3n) is 4.13. The van der Waals surface area contributed by atoms with Crippen molar-refractivity contribution < 1.29 is 0 Å². The van der Waals surface area contributed by atoms with E-state index in [1.165, 1.54) is 0 Å². The molecule has 2 aromatic carbocycles. The fourth-order valence-electron chi connectivity index (χ4n) is 2.89. The molecule has 4 rings (SSSR count). The summed E-state index contributed by atoms with van der Waals surface area (Å²) < 4.78 is 3.76. The summed E-state index contributed by atoms with van der Waals surface area (Å²) in [6.45, 7) is 0. The van der Waals surface area contributed by atoms with Crippen LogP contribution in [-0.4, -0.2) is 14.1 Å². The second-order valence-corrected chi connectivity index (χ2v) is 6.76. The van der Waals surface area contributed by atoms with E-state index in [0.29, 0.717) is 5.75 Å². The maximum atomic E-state index is 13.2. The van der Waals surface area contributed by atoms with Gasteiger partial charge in [-0.15, -0.1) is 0 Å². The minimum absolute atomic E-state index is 0.0200. The Labute approximate surface area is 149 Å². The highest BCUT2D eigenvalue weighted by Crippen LogP contribution is 2.23. The molecule has 4 nitrogen and oxygen atoms in total. The summed E-state index contributed by atoms with van der Waals surface area (Å²) in [6.07, 6.45) is 3.68. The Hall–Kier alpha value is -2.79. The molecule has 124 valence electrons. The normalized spacial score (nSPS) is 11.1. The highest BCUT2D eigenvalue weighted by molar-refractivity contribution is 7.98. The first-order chi connectivity index (χ1) is 12.2. The van der Waals surface area contributed by atoms with Gasteiger partial charge in [-0.3, -0.25) is 9.36 Å². The lowest BCUT2D eigenvalue weighted by atomic mass is 10.1. The lowest BCUT2D eigenvalue weighted by Gasteiger charge is -2.13. The second kappa shape index (κ2) is 6.61. The zero-order valence-corrected chi connectivity index (χ0v) is 14.6. The molecule has 0 aliphatic rings. The lowest BCUT2D eigenvalue weighted by Crippen LogP contribution is -2.22. The van der Waals surface area contributed by atoms with E-state index in [-0.39, 0.29) is 5.56 Å². The summed E-state index contributed by atoms with van der Waals surface area (Å²) in [5, 5.41) is 1.96. The number of para-hydroxylation sites is 2. The average molecular weight is 347 g/mol. The molecule has 0 unspecified atom stereocenters. The number of hydrogen-bond acceptors (Lipinski definition) is 3. The summed E-state index contributed by atoms with van der Waals surface area (Å²) in [7, 11) is 1.96. The summed E-state index contributed by atoms with van der Waals surface area (Å²) in [4.78, 5) is 17.5. The molecule has 5 heteroatoms. The maximum absolute atomic E-state index is 13.2. The van der Waals surface area contributed by atoms with E-state index in [4.69, 9.17) is 0 Å². The number of aryl methyl sites for hydroxylation is 1.